The first kappa shape index (κ1) is 16.4. The van der Waals surface area contributed by atoms with E-state index in [4.69, 9.17) is 4.74 Å². The number of carbonyl (C=O) groups is 1. The number of ether oxygens (including phenoxy) is 1. The molecule has 4 heteroatoms. The van der Waals surface area contributed by atoms with E-state index in [2.05, 4.69) is 31.0 Å². The summed E-state index contributed by atoms with van der Waals surface area (Å²) in [6, 6.07) is 0.798. The van der Waals surface area contributed by atoms with E-state index in [1.165, 1.54) is 32.8 Å². The average molecular weight is 270 g/mol. The molecule has 1 fully saturated rings. The number of likely N-dealkylation sites (tertiary alicyclic amines) is 1. The highest BCUT2D eigenvalue weighted by Crippen LogP contribution is 2.20. The fraction of sp³-hybridized carbons (Fsp3) is 0.933. The zero-order valence-electron chi connectivity index (χ0n) is 13.2. The lowest BCUT2D eigenvalue weighted by Gasteiger charge is -2.37. The highest BCUT2D eigenvalue weighted by molar-refractivity contribution is 5.80. The van der Waals surface area contributed by atoms with E-state index in [0.717, 1.165) is 13.1 Å². The van der Waals surface area contributed by atoms with E-state index in [-0.39, 0.29) is 12.0 Å². The maximum absolute atomic E-state index is 12.1. The average Bonchev–Trinajstić information content (AvgIpc) is 2.53. The third kappa shape index (κ3) is 4.77. The van der Waals surface area contributed by atoms with Gasteiger partial charge < -0.3 is 4.74 Å². The van der Waals surface area contributed by atoms with Crippen LogP contribution < -0.4 is 5.32 Å². The molecule has 112 valence electrons. The zero-order valence-corrected chi connectivity index (χ0v) is 13.2. The summed E-state index contributed by atoms with van der Waals surface area (Å²) >= 11 is 0. The van der Waals surface area contributed by atoms with Crippen molar-refractivity contribution in [2.24, 2.45) is 0 Å². The van der Waals surface area contributed by atoms with E-state index in [1.807, 2.05) is 6.92 Å². The molecule has 0 aromatic rings. The Balaban J connectivity index is 2.77. The van der Waals surface area contributed by atoms with Gasteiger partial charge in [0, 0.05) is 18.6 Å². The van der Waals surface area contributed by atoms with E-state index in [9.17, 15) is 4.79 Å². The van der Waals surface area contributed by atoms with E-state index in [0.29, 0.717) is 6.04 Å². The predicted molar refractivity (Wildman–Crippen MR) is 78.2 cm³/mol. The molecule has 0 amide bonds. The van der Waals surface area contributed by atoms with Gasteiger partial charge in [-0.2, -0.15) is 0 Å². The molecule has 2 atom stereocenters. The van der Waals surface area contributed by atoms with Crippen molar-refractivity contribution >= 4 is 5.97 Å². The molecule has 0 aromatic heterocycles. The molecule has 0 bridgehead atoms. The van der Waals surface area contributed by atoms with Gasteiger partial charge in [-0.1, -0.05) is 12.8 Å². The Morgan fingerprint density at radius 1 is 1.42 bits per heavy atom. The van der Waals surface area contributed by atoms with Crippen LogP contribution in [-0.4, -0.2) is 48.7 Å². The third-order valence-electron chi connectivity index (χ3n) is 3.95. The maximum Gasteiger partial charge on any atom is 0.327 e. The summed E-state index contributed by atoms with van der Waals surface area (Å²) in [4.78, 5) is 14.6. The van der Waals surface area contributed by atoms with Crippen molar-refractivity contribution in [1.29, 1.82) is 0 Å². The number of hydrogen-bond donors (Lipinski definition) is 1. The van der Waals surface area contributed by atoms with Crippen LogP contribution in [0.1, 0.15) is 53.4 Å². The molecule has 1 aliphatic rings. The summed E-state index contributed by atoms with van der Waals surface area (Å²) in [5.74, 6) is -0.169. The van der Waals surface area contributed by atoms with Crippen LogP contribution in [0.15, 0.2) is 0 Å². The lowest BCUT2D eigenvalue weighted by Crippen LogP contribution is -2.60. The van der Waals surface area contributed by atoms with Crippen LogP contribution >= 0.6 is 0 Å². The Hall–Kier alpha value is -0.610. The van der Waals surface area contributed by atoms with Crippen LogP contribution in [0.2, 0.25) is 0 Å². The molecule has 1 aliphatic heterocycles. The lowest BCUT2D eigenvalue weighted by atomic mass is 9.99. The highest BCUT2D eigenvalue weighted by Gasteiger charge is 2.37. The van der Waals surface area contributed by atoms with Crippen LogP contribution in [0.4, 0.5) is 0 Å². The summed E-state index contributed by atoms with van der Waals surface area (Å²) in [7, 11) is 1.47. The first-order chi connectivity index (χ1) is 8.89. The molecular formula is C15H30N2O2. The maximum atomic E-state index is 12.1. The Bertz CT molecular complexity index is 294. The number of nitrogens with zero attached hydrogens (tertiary/aromatic N) is 1. The van der Waals surface area contributed by atoms with Gasteiger partial charge in [-0.3, -0.25) is 15.0 Å². The second kappa shape index (κ2) is 7.25. The smallest absolute Gasteiger partial charge is 0.327 e. The topological polar surface area (TPSA) is 41.6 Å². The Kier molecular flexibility index (Phi) is 6.27. The first-order valence-corrected chi connectivity index (χ1v) is 7.49. The van der Waals surface area contributed by atoms with Crippen molar-refractivity contribution in [3.8, 4) is 0 Å². The van der Waals surface area contributed by atoms with Gasteiger partial charge in [0.25, 0.3) is 0 Å². The second-order valence-corrected chi connectivity index (χ2v) is 6.29. The molecule has 0 aliphatic carbocycles. The number of methoxy groups -OCH3 is 1. The third-order valence-corrected chi connectivity index (χ3v) is 3.95. The first-order valence-electron chi connectivity index (χ1n) is 7.49. The Morgan fingerprint density at radius 3 is 2.68 bits per heavy atom. The van der Waals surface area contributed by atoms with Crippen molar-refractivity contribution in [3.05, 3.63) is 0 Å². The standard InChI is InChI=1S/C15H30N2O2/c1-12(2)16-15(4,14(18)19-5)11-17-10-8-6-7-9-13(17)3/h12-13,16H,6-11H2,1-5H3. The van der Waals surface area contributed by atoms with Gasteiger partial charge in [-0.15, -0.1) is 0 Å². The van der Waals surface area contributed by atoms with E-state index in [1.54, 1.807) is 0 Å². The van der Waals surface area contributed by atoms with Gasteiger partial charge in [0.2, 0.25) is 0 Å². The summed E-state index contributed by atoms with van der Waals surface area (Å²) in [5.41, 5.74) is -0.623. The van der Waals surface area contributed by atoms with Gasteiger partial charge in [0.05, 0.1) is 7.11 Å². The molecule has 0 saturated carbocycles. The van der Waals surface area contributed by atoms with Crippen LogP contribution in [0.25, 0.3) is 0 Å². The molecule has 19 heavy (non-hydrogen) atoms. The molecule has 0 aromatic carbocycles. The van der Waals surface area contributed by atoms with Gasteiger partial charge in [-0.05, 0) is 47.1 Å². The van der Waals surface area contributed by atoms with Gasteiger partial charge in [-0.25, -0.2) is 0 Å². The van der Waals surface area contributed by atoms with E-state index >= 15 is 0 Å². The van der Waals surface area contributed by atoms with Crippen LogP contribution in [-0.2, 0) is 9.53 Å². The highest BCUT2D eigenvalue weighted by atomic mass is 16.5. The van der Waals surface area contributed by atoms with Crippen molar-refractivity contribution in [3.63, 3.8) is 0 Å². The van der Waals surface area contributed by atoms with Gasteiger partial charge in [0.15, 0.2) is 0 Å². The minimum absolute atomic E-state index is 0.169. The minimum atomic E-state index is -0.623. The fourth-order valence-electron chi connectivity index (χ4n) is 3.01. The number of carbonyl (C=O) groups excluding carboxylic acids is 1. The summed E-state index contributed by atoms with van der Waals surface area (Å²) in [5, 5.41) is 3.38. The van der Waals surface area contributed by atoms with Crippen molar-refractivity contribution in [2.45, 2.75) is 71.0 Å². The minimum Gasteiger partial charge on any atom is -0.468 e. The zero-order chi connectivity index (χ0) is 14.5. The molecular weight excluding hydrogens is 240 g/mol. The summed E-state index contributed by atoms with van der Waals surface area (Å²) in [6.07, 6.45) is 5.04. The van der Waals surface area contributed by atoms with Crippen molar-refractivity contribution in [1.82, 2.24) is 10.2 Å². The number of esters is 1. The fourth-order valence-corrected chi connectivity index (χ4v) is 3.01. The molecule has 0 spiro atoms. The molecule has 1 saturated heterocycles. The normalized spacial score (nSPS) is 24.8. The lowest BCUT2D eigenvalue weighted by molar-refractivity contribution is -0.149. The Morgan fingerprint density at radius 2 is 2.11 bits per heavy atom. The molecule has 1 rings (SSSR count). The van der Waals surface area contributed by atoms with Crippen molar-refractivity contribution < 1.29 is 9.53 Å². The Labute approximate surface area is 117 Å². The molecule has 0 radical (unpaired) electrons. The van der Waals surface area contributed by atoms with Crippen molar-refractivity contribution in [2.75, 3.05) is 20.2 Å². The van der Waals surface area contributed by atoms with Crippen LogP contribution in [0.5, 0.6) is 0 Å². The second-order valence-electron chi connectivity index (χ2n) is 6.29. The monoisotopic (exact) mass is 270 g/mol. The summed E-state index contributed by atoms with van der Waals surface area (Å²) < 4.78 is 5.00. The van der Waals surface area contributed by atoms with E-state index < -0.39 is 5.54 Å². The number of hydrogen-bond acceptors (Lipinski definition) is 4. The predicted octanol–water partition coefficient (Wildman–Crippen LogP) is 2.18. The SMILES string of the molecule is COC(=O)C(C)(CN1CCCCCC1C)NC(C)C. The molecule has 2 unspecified atom stereocenters. The quantitative estimate of drug-likeness (QED) is 0.778. The van der Waals surface area contributed by atoms with Crippen LogP contribution in [0, 0.1) is 0 Å². The van der Waals surface area contributed by atoms with Gasteiger partial charge >= 0.3 is 5.97 Å². The molecule has 4 nitrogen and oxygen atoms in total. The number of nitrogens with one attached hydrogen (secondary N) is 1. The number of rotatable bonds is 5. The molecule has 1 N–H and O–H groups in total. The largest absolute Gasteiger partial charge is 0.468 e. The molecule has 1 heterocycles. The summed E-state index contributed by atoms with van der Waals surface area (Å²) in [6.45, 7) is 10.1. The van der Waals surface area contributed by atoms with Crippen LogP contribution in [0.3, 0.4) is 0 Å². The van der Waals surface area contributed by atoms with Gasteiger partial charge in [0.1, 0.15) is 5.54 Å².